The SMILES string of the molecule is CCOC(=O)c1nc(-c2ccccc2)c(CCCl)s1. The van der Waals surface area contributed by atoms with Crippen molar-refractivity contribution in [2.75, 3.05) is 12.5 Å². The lowest BCUT2D eigenvalue weighted by Gasteiger charge is -1.99. The maximum atomic E-state index is 11.7. The van der Waals surface area contributed by atoms with Crippen LogP contribution in [0.5, 0.6) is 0 Å². The maximum Gasteiger partial charge on any atom is 0.367 e. The number of alkyl halides is 1. The molecule has 0 aliphatic rings. The van der Waals surface area contributed by atoms with Gasteiger partial charge in [0, 0.05) is 16.3 Å². The van der Waals surface area contributed by atoms with Gasteiger partial charge in [-0.25, -0.2) is 9.78 Å². The average Bonchev–Trinajstić information content (AvgIpc) is 2.85. The quantitative estimate of drug-likeness (QED) is 0.622. The van der Waals surface area contributed by atoms with Gasteiger partial charge in [-0.15, -0.1) is 22.9 Å². The Balaban J connectivity index is 2.39. The van der Waals surface area contributed by atoms with Gasteiger partial charge in [-0.1, -0.05) is 30.3 Å². The van der Waals surface area contributed by atoms with Gasteiger partial charge in [0.1, 0.15) is 0 Å². The molecule has 2 rings (SSSR count). The fourth-order valence-electron chi connectivity index (χ4n) is 1.71. The number of ether oxygens (including phenoxy) is 1. The van der Waals surface area contributed by atoms with Crippen molar-refractivity contribution < 1.29 is 9.53 Å². The molecule has 19 heavy (non-hydrogen) atoms. The third kappa shape index (κ3) is 3.33. The summed E-state index contributed by atoms with van der Waals surface area (Å²) in [5.41, 5.74) is 1.82. The largest absolute Gasteiger partial charge is 0.461 e. The van der Waals surface area contributed by atoms with E-state index in [0.29, 0.717) is 23.9 Å². The number of nitrogens with zero attached hydrogens (tertiary/aromatic N) is 1. The van der Waals surface area contributed by atoms with Crippen LogP contribution in [0.25, 0.3) is 11.3 Å². The number of hydrogen-bond acceptors (Lipinski definition) is 4. The molecule has 3 nitrogen and oxygen atoms in total. The second-order valence-electron chi connectivity index (χ2n) is 3.82. The first-order valence-electron chi connectivity index (χ1n) is 6.04. The summed E-state index contributed by atoms with van der Waals surface area (Å²) >= 11 is 7.17. The fourth-order valence-corrected chi connectivity index (χ4v) is 2.99. The topological polar surface area (TPSA) is 39.2 Å². The van der Waals surface area contributed by atoms with Gasteiger partial charge in [0.15, 0.2) is 0 Å². The average molecular weight is 296 g/mol. The summed E-state index contributed by atoms with van der Waals surface area (Å²) in [5.74, 6) is 0.134. The first-order valence-corrected chi connectivity index (χ1v) is 7.39. The maximum absolute atomic E-state index is 11.7. The zero-order valence-corrected chi connectivity index (χ0v) is 12.1. The van der Waals surface area contributed by atoms with Gasteiger partial charge < -0.3 is 4.74 Å². The fraction of sp³-hybridized carbons (Fsp3) is 0.286. The molecular formula is C14H14ClNO2S. The van der Waals surface area contributed by atoms with Crippen molar-refractivity contribution >= 4 is 28.9 Å². The molecule has 5 heteroatoms. The van der Waals surface area contributed by atoms with Crippen LogP contribution in [0.2, 0.25) is 0 Å². The van der Waals surface area contributed by atoms with Crippen LogP contribution < -0.4 is 0 Å². The Labute approximate surface area is 121 Å². The van der Waals surface area contributed by atoms with Crippen molar-refractivity contribution in [2.24, 2.45) is 0 Å². The molecule has 0 radical (unpaired) electrons. The highest BCUT2D eigenvalue weighted by Crippen LogP contribution is 2.29. The van der Waals surface area contributed by atoms with E-state index in [0.717, 1.165) is 16.1 Å². The molecule has 0 saturated carbocycles. The van der Waals surface area contributed by atoms with Crippen molar-refractivity contribution in [3.63, 3.8) is 0 Å². The summed E-state index contributed by atoms with van der Waals surface area (Å²) in [7, 11) is 0. The summed E-state index contributed by atoms with van der Waals surface area (Å²) in [6, 6.07) is 9.79. The molecule has 0 aliphatic carbocycles. The predicted molar refractivity (Wildman–Crippen MR) is 77.9 cm³/mol. The van der Waals surface area contributed by atoms with Crippen LogP contribution in [-0.4, -0.2) is 23.4 Å². The highest BCUT2D eigenvalue weighted by molar-refractivity contribution is 7.14. The Morgan fingerprint density at radius 1 is 1.37 bits per heavy atom. The van der Waals surface area contributed by atoms with Crippen LogP contribution in [0.3, 0.4) is 0 Å². The number of thiazole rings is 1. The molecule has 1 aromatic heterocycles. The smallest absolute Gasteiger partial charge is 0.367 e. The molecule has 0 amide bonds. The minimum Gasteiger partial charge on any atom is -0.461 e. The van der Waals surface area contributed by atoms with Crippen LogP contribution in [0.1, 0.15) is 21.6 Å². The molecule has 1 aromatic carbocycles. The van der Waals surface area contributed by atoms with E-state index < -0.39 is 0 Å². The lowest BCUT2D eigenvalue weighted by Crippen LogP contribution is -2.03. The highest BCUT2D eigenvalue weighted by atomic mass is 35.5. The van der Waals surface area contributed by atoms with Crippen molar-refractivity contribution in [3.8, 4) is 11.3 Å². The van der Waals surface area contributed by atoms with E-state index in [2.05, 4.69) is 4.98 Å². The van der Waals surface area contributed by atoms with Crippen LogP contribution in [0.4, 0.5) is 0 Å². The summed E-state index contributed by atoms with van der Waals surface area (Å²) in [6.45, 7) is 2.13. The Bertz CT molecular complexity index is 554. The van der Waals surface area contributed by atoms with Gasteiger partial charge in [0.05, 0.1) is 12.3 Å². The molecule has 1 heterocycles. The first kappa shape index (κ1) is 14.0. The van der Waals surface area contributed by atoms with Gasteiger partial charge in [0.2, 0.25) is 5.01 Å². The molecule has 0 bridgehead atoms. The number of benzene rings is 1. The molecule has 0 N–H and O–H groups in total. The van der Waals surface area contributed by atoms with Crippen LogP contribution in [-0.2, 0) is 11.2 Å². The third-order valence-electron chi connectivity index (χ3n) is 2.52. The van der Waals surface area contributed by atoms with Crippen LogP contribution >= 0.6 is 22.9 Å². The van der Waals surface area contributed by atoms with Gasteiger partial charge >= 0.3 is 5.97 Å². The molecule has 0 spiro atoms. The van der Waals surface area contributed by atoms with Gasteiger partial charge in [-0.2, -0.15) is 0 Å². The minimum absolute atomic E-state index is 0.351. The molecular weight excluding hydrogens is 282 g/mol. The summed E-state index contributed by atoms with van der Waals surface area (Å²) in [5, 5.41) is 0.390. The Morgan fingerprint density at radius 3 is 2.74 bits per heavy atom. The lowest BCUT2D eigenvalue weighted by molar-refractivity contribution is 0.0526. The number of esters is 1. The predicted octanol–water partition coefficient (Wildman–Crippen LogP) is 3.77. The van der Waals surface area contributed by atoms with E-state index in [-0.39, 0.29) is 5.97 Å². The van der Waals surface area contributed by atoms with E-state index in [4.69, 9.17) is 16.3 Å². The molecule has 100 valence electrons. The summed E-state index contributed by atoms with van der Waals surface area (Å²) in [6.07, 6.45) is 0.697. The van der Waals surface area contributed by atoms with Gasteiger partial charge in [-0.05, 0) is 13.3 Å². The molecule has 0 saturated heterocycles. The van der Waals surface area contributed by atoms with E-state index in [1.165, 1.54) is 11.3 Å². The normalized spacial score (nSPS) is 10.4. The van der Waals surface area contributed by atoms with Crippen LogP contribution in [0.15, 0.2) is 30.3 Å². The van der Waals surface area contributed by atoms with Crippen LogP contribution in [0, 0.1) is 0 Å². The Hall–Kier alpha value is -1.39. The van der Waals surface area contributed by atoms with Crippen molar-refractivity contribution in [3.05, 3.63) is 40.2 Å². The number of hydrogen-bond donors (Lipinski definition) is 0. The number of rotatable bonds is 5. The number of carbonyl (C=O) groups is 1. The number of aromatic nitrogens is 1. The molecule has 0 fully saturated rings. The zero-order valence-electron chi connectivity index (χ0n) is 10.6. The first-order chi connectivity index (χ1) is 9.26. The second-order valence-corrected chi connectivity index (χ2v) is 5.28. The van der Waals surface area contributed by atoms with Crippen molar-refractivity contribution in [1.82, 2.24) is 4.98 Å². The summed E-state index contributed by atoms with van der Waals surface area (Å²) in [4.78, 5) is 17.2. The minimum atomic E-state index is -0.370. The van der Waals surface area contributed by atoms with Crippen molar-refractivity contribution in [1.29, 1.82) is 0 Å². The Morgan fingerprint density at radius 2 is 2.11 bits per heavy atom. The van der Waals surface area contributed by atoms with E-state index >= 15 is 0 Å². The lowest BCUT2D eigenvalue weighted by atomic mass is 10.1. The zero-order chi connectivity index (χ0) is 13.7. The highest BCUT2D eigenvalue weighted by Gasteiger charge is 2.18. The van der Waals surface area contributed by atoms with E-state index in [9.17, 15) is 4.79 Å². The summed E-state index contributed by atoms with van der Waals surface area (Å²) < 4.78 is 4.99. The number of carbonyl (C=O) groups excluding carboxylic acids is 1. The number of halogens is 1. The standard InChI is InChI=1S/C14H14ClNO2S/c1-2-18-14(17)13-16-12(11(19-13)8-9-15)10-6-4-3-5-7-10/h3-7H,2,8-9H2,1H3. The monoisotopic (exact) mass is 295 g/mol. The van der Waals surface area contributed by atoms with Crippen molar-refractivity contribution in [2.45, 2.75) is 13.3 Å². The third-order valence-corrected chi connectivity index (χ3v) is 3.80. The van der Waals surface area contributed by atoms with E-state index in [1.54, 1.807) is 6.92 Å². The van der Waals surface area contributed by atoms with E-state index in [1.807, 2.05) is 30.3 Å². The second kappa shape index (κ2) is 6.68. The Kier molecular flexibility index (Phi) is 4.93. The molecule has 0 unspecified atom stereocenters. The number of aryl methyl sites for hydroxylation is 1. The molecule has 0 aliphatic heterocycles. The van der Waals surface area contributed by atoms with Gasteiger partial charge in [-0.3, -0.25) is 0 Å². The molecule has 0 atom stereocenters. The molecule has 2 aromatic rings. The van der Waals surface area contributed by atoms with Gasteiger partial charge in [0.25, 0.3) is 0 Å².